The SMILES string of the molecule is Cc1nccnc1C(C)NCC1CC1(C)C. The van der Waals surface area contributed by atoms with Crippen LogP contribution in [0.25, 0.3) is 0 Å². The van der Waals surface area contributed by atoms with Crippen molar-refractivity contribution >= 4 is 0 Å². The summed E-state index contributed by atoms with van der Waals surface area (Å²) in [5.74, 6) is 0.826. The number of aromatic nitrogens is 2. The molecule has 1 saturated carbocycles. The molecule has 2 rings (SSSR count). The molecule has 1 aliphatic rings. The molecule has 0 radical (unpaired) electrons. The second kappa shape index (κ2) is 4.13. The fraction of sp³-hybridized carbons (Fsp3) is 0.692. The van der Waals surface area contributed by atoms with Gasteiger partial charge in [-0.05, 0) is 38.1 Å². The van der Waals surface area contributed by atoms with Crippen LogP contribution in [0.2, 0.25) is 0 Å². The van der Waals surface area contributed by atoms with Crippen LogP contribution in [-0.2, 0) is 0 Å². The molecule has 1 heterocycles. The van der Waals surface area contributed by atoms with Gasteiger partial charge in [0.15, 0.2) is 0 Å². The van der Waals surface area contributed by atoms with Crippen LogP contribution >= 0.6 is 0 Å². The Kier molecular flexibility index (Phi) is 2.98. The van der Waals surface area contributed by atoms with Gasteiger partial charge in [0.2, 0.25) is 0 Å². The Labute approximate surface area is 97.7 Å². The number of aryl methyl sites for hydroxylation is 1. The van der Waals surface area contributed by atoms with Crippen molar-refractivity contribution in [1.82, 2.24) is 15.3 Å². The lowest BCUT2D eigenvalue weighted by atomic mass is 10.1. The van der Waals surface area contributed by atoms with Crippen LogP contribution in [0.1, 0.15) is 44.6 Å². The maximum absolute atomic E-state index is 4.39. The summed E-state index contributed by atoms with van der Waals surface area (Å²) >= 11 is 0. The van der Waals surface area contributed by atoms with E-state index in [1.54, 1.807) is 12.4 Å². The van der Waals surface area contributed by atoms with E-state index in [-0.39, 0.29) is 0 Å². The minimum atomic E-state index is 0.296. The monoisotopic (exact) mass is 219 g/mol. The summed E-state index contributed by atoms with van der Waals surface area (Å²) in [6.07, 6.45) is 4.85. The highest BCUT2D eigenvalue weighted by Gasteiger charge is 2.44. The average Bonchev–Trinajstić information content (AvgIpc) is 2.84. The van der Waals surface area contributed by atoms with Gasteiger partial charge < -0.3 is 5.32 Å². The Hall–Kier alpha value is -0.960. The average molecular weight is 219 g/mol. The van der Waals surface area contributed by atoms with Gasteiger partial charge in [0, 0.05) is 18.4 Å². The van der Waals surface area contributed by atoms with Gasteiger partial charge in [-0.25, -0.2) is 0 Å². The molecule has 88 valence electrons. The van der Waals surface area contributed by atoms with Crippen molar-refractivity contribution in [3.05, 3.63) is 23.8 Å². The van der Waals surface area contributed by atoms with Crippen molar-refractivity contribution < 1.29 is 0 Å². The zero-order valence-corrected chi connectivity index (χ0v) is 10.6. The third-order valence-electron chi connectivity index (χ3n) is 3.72. The summed E-state index contributed by atoms with van der Waals surface area (Å²) in [6, 6.07) is 0.296. The van der Waals surface area contributed by atoms with Crippen molar-refractivity contribution in [3.63, 3.8) is 0 Å². The first-order valence-electron chi connectivity index (χ1n) is 6.01. The Bertz CT molecular complexity index is 373. The van der Waals surface area contributed by atoms with Gasteiger partial charge in [-0.2, -0.15) is 0 Å². The molecule has 0 aromatic carbocycles. The quantitative estimate of drug-likeness (QED) is 0.845. The van der Waals surface area contributed by atoms with E-state index in [0.29, 0.717) is 11.5 Å². The maximum Gasteiger partial charge on any atom is 0.0782 e. The highest BCUT2D eigenvalue weighted by Crippen LogP contribution is 2.51. The summed E-state index contributed by atoms with van der Waals surface area (Å²) in [6.45, 7) is 9.92. The molecule has 0 amide bonds. The summed E-state index contributed by atoms with van der Waals surface area (Å²) in [7, 11) is 0. The van der Waals surface area contributed by atoms with Crippen molar-refractivity contribution in [2.24, 2.45) is 11.3 Å². The first-order chi connectivity index (χ1) is 7.50. The fourth-order valence-corrected chi connectivity index (χ4v) is 2.18. The summed E-state index contributed by atoms with van der Waals surface area (Å²) < 4.78 is 0. The maximum atomic E-state index is 4.39. The molecule has 1 aromatic heterocycles. The molecular weight excluding hydrogens is 198 g/mol. The second-order valence-corrected chi connectivity index (χ2v) is 5.55. The largest absolute Gasteiger partial charge is 0.309 e. The first kappa shape index (κ1) is 11.5. The zero-order chi connectivity index (χ0) is 11.8. The Balaban J connectivity index is 1.89. The minimum Gasteiger partial charge on any atom is -0.309 e. The summed E-state index contributed by atoms with van der Waals surface area (Å²) in [4.78, 5) is 8.66. The zero-order valence-electron chi connectivity index (χ0n) is 10.6. The summed E-state index contributed by atoms with van der Waals surface area (Å²) in [5.41, 5.74) is 2.64. The molecule has 16 heavy (non-hydrogen) atoms. The van der Waals surface area contributed by atoms with E-state index in [2.05, 4.69) is 36.1 Å². The fourth-order valence-electron chi connectivity index (χ4n) is 2.18. The number of rotatable bonds is 4. The third-order valence-corrected chi connectivity index (χ3v) is 3.72. The van der Waals surface area contributed by atoms with Crippen molar-refractivity contribution in [3.8, 4) is 0 Å². The minimum absolute atomic E-state index is 0.296. The predicted molar refractivity (Wildman–Crippen MR) is 65.1 cm³/mol. The molecule has 1 N–H and O–H groups in total. The van der Waals surface area contributed by atoms with Gasteiger partial charge in [-0.3, -0.25) is 9.97 Å². The van der Waals surface area contributed by atoms with E-state index < -0.39 is 0 Å². The van der Waals surface area contributed by atoms with E-state index >= 15 is 0 Å². The lowest BCUT2D eigenvalue weighted by molar-refractivity contribution is 0.478. The normalized spacial score (nSPS) is 24.1. The molecule has 0 bridgehead atoms. The van der Waals surface area contributed by atoms with Crippen molar-refractivity contribution in [2.45, 2.75) is 40.2 Å². The lowest BCUT2D eigenvalue weighted by Gasteiger charge is -2.15. The Morgan fingerprint density at radius 2 is 2.06 bits per heavy atom. The molecule has 1 aliphatic carbocycles. The Morgan fingerprint density at radius 1 is 1.44 bits per heavy atom. The van der Waals surface area contributed by atoms with Crippen LogP contribution < -0.4 is 5.32 Å². The second-order valence-electron chi connectivity index (χ2n) is 5.55. The molecule has 0 saturated heterocycles. The van der Waals surface area contributed by atoms with Gasteiger partial charge in [0.05, 0.1) is 11.4 Å². The first-order valence-corrected chi connectivity index (χ1v) is 6.01. The van der Waals surface area contributed by atoms with Gasteiger partial charge in [-0.1, -0.05) is 13.8 Å². The van der Waals surface area contributed by atoms with Crippen LogP contribution in [-0.4, -0.2) is 16.5 Å². The highest BCUT2D eigenvalue weighted by atomic mass is 15.0. The predicted octanol–water partition coefficient (Wildman–Crippen LogP) is 2.48. The molecule has 3 heteroatoms. The highest BCUT2D eigenvalue weighted by molar-refractivity contribution is 5.12. The summed E-state index contributed by atoms with van der Waals surface area (Å²) in [5, 5.41) is 3.55. The van der Waals surface area contributed by atoms with E-state index in [9.17, 15) is 0 Å². The molecule has 0 aliphatic heterocycles. The number of hydrogen-bond donors (Lipinski definition) is 1. The topological polar surface area (TPSA) is 37.8 Å². The van der Waals surface area contributed by atoms with Crippen LogP contribution in [0.15, 0.2) is 12.4 Å². The molecular formula is C13H21N3. The van der Waals surface area contributed by atoms with Crippen LogP contribution in [0.5, 0.6) is 0 Å². The van der Waals surface area contributed by atoms with Gasteiger partial charge in [-0.15, -0.1) is 0 Å². The smallest absolute Gasteiger partial charge is 0.0782 e. The molecule has 1 fully saturated rings. The van der Waals surface area contributed by atoms with E-state index in [4.69, 9.17) is 0 Å². The van der Waals surface area contributed by atoms with Crippen LogP contribution in [0.3, 0.4) is 0 Å². The number of nitrogens with zero attached hydrogens (tertiary/aromatic N) is 2. The molecule has 2 unspecified atom stereocenters. The van der Waals surface area contributed by atoms with Gasteiger partial charge in [0.25, 0.3) is 0 Å². The molecule has 1 aromatic rings. The Morgan fingerprint density at radius 3 is 2.62 bits per heavy atom. The lowest BCUT2D eigenvalue weighted by Crippen LogP contribution is -2.24. The van der Waals surface area contributed by atoms with Gasteiger partial charge in [0.1, 0.15) is 0 Å². The van der Waals surface area contributed by atoms with Gasteiger partial charge >= 0.3 is 0 Å². The molecule has 0 spiro atoms. The number of hydrogen-bond acceptors (Lipinski definition) is 3. The van der Waals surface area contributed by atoms with E-state index in [0.717, 1.165) is 23.9 Å². The van der Waals surface area contributed by atoms with Crippen molar-refractivity contribution in [2.75, 3.05) is 6.54 Å². The third kappa shape index (κ3) is 2.40. The molecule has 3 nitrogen and oxygen atoms in total. The van der Waals surface area contributed by atoms with Crippen molar-refractivity contribution in [1.29, 1.82) is 0 Å². The van der Waals surface area contributed by atoms with Crippen LogP contribution in [0.4, 0.5) is 0 Å². The number of nitrogens with one attached hydrogen (secondary N) is 1. The standard InChI is InChI=1S/C13H21N3/c1-9-12(15-6-5-14-9)10(2)16-8-11-7-13(11,3)4/h5-6,10-11,16H,7-8H2,1-4H3. The van der Waals surface area contributed by atoms with Crippen LogP contribution in [0, 0.1) is 18.3 Å². The van der Waals surface area contributed by atoms with E-state index in [1.807, 2.05) is 6.92 Å². The van der Waals surface area contributed by atoms with E-state index in [1.165, 1.54) is 6.42 Å². The molecule has 2 atom stereocenters.